The molecule has 5 rings (SSSR count). The van der Waals surface area contributed by atoms with Gasteiger partial charge in [0.2, 0.25) is 5.95 Å². The minimum Gasteiger partial charge on any atom is -0.343 e. The van der Waals surface area contributed by atoms with E-state index < -0.39 is 5.92 Å². The molecule has 0 spiro atoms. The van der Waals surface area contributed by atoms with Gasteiger partial charge < -0.3 is 10.2 Å². The van der Waals surface area contributed by atoms with Crippen LogP contribution in [-0.4, -0.2) is 28.8 Å². The van der Waals surface area contributed by atoms with Gasteiger partial charge in [0.15, 0.2) is 5.78 Å². The average Bonchev–Trinajstić information content (AvgIpc) is 2.73. The van der Waals surface area contributed by atoms with Crippen molar-refractivity contribution in [3.63, 3.8) is 0 Å². The molecule has 0 bridgehead atoms. The molecule has 150 valence electrons. The van der Waals surface area contributed by atoms with Crippen LogP contribution < -0.4 is 15.8 Å². The Labute approximate surface area is 167 Å². The number of fused-ring (bicyclic) bond motifs is 1. The number of hydrogen-bond donors (Lipinski definition) is 2. The molecule has 1 aliphatic carbocycles. The van der Waals surface area contributed by atoms with Gasteiger partial charge in [0.05, 0.1) is 5.56 Å². The smallest absolute Gasteiger partial charge is 0.258 e. The number of piperidine rings is 1. The van der Waals surface area contributed by atoms with E-state index in [2.05, 4.69) is 15.2 Å². The Hall–Kier alpha value is -2.96. The highest BCUT2D eigenvalue weighted by Crippen LogP contribution is 2.43. The number of benzene rings is 1. The summed E-state index contributed by atoms with van der Waals surface area (Å²) in [7, 11) is 0. The van der Waals surface area contributed by atoms with Crippen molar-refractivity contribution >= 4 is 17.5 Å². The van der Waals surface area contributed by atoms with Crippen molar-refractivity contribution in [1.29, 1.82) is 0 Å². The Kier molecular flexibility index (Phi) is 4.45. The van der Waals surface area contributed by atoms with Crippen LogP contribution in [0.4, 0.5) is 16.2 Å². The zero-order valence-electron chi connectivity index (χ0n) is 16.1. The summed E-state index contributed by atoms with van der Waals surface area (Å²) < 4.78 is 14.0. The van der Waals surface area contributed by atoms with E-state index in [9.17, 15) is 14.0 Å². The normalized spacial score (nSPS) is 21.5. The van der Waals surface area contributed by atoms with Crippen LogP contribution >= 0.6 is 0 Å². The molecule has 0 unspecified atom stereocenters. The number of allylic oxidation sites excluding steroid dienone is 2. The highest BCUT2D eigenvalue weighted by Gasteiger charge is 2.38. The maximum absolute atomic E-state index is 14.0. The van der Waals surface area contributed by atoms with Crippen molar-refractivity contribution in [2.75, 3.05) is 23.3 Å². The Morgan fingerprint density at radius 1 is 1.07 bits per heavy atom. The van der Waals surface area contributed by atoms with Crippen LogP contribution in [0.15, 0.2) is 40.3 Å². The van der Waals surface area contributed by atoms with Crippen LogP contribution in [0.1, 0.15) is 55.6 Å². The van der Waals surface area contributed by atoms with E-state index in [1.54, 1.807) is 12.1 Å². The molecule has 1 aromatic heterocycles. The molecule has 29 heavy (non-hydrogen) atoms. The first kappa shape index (κ1) is 18.1. The molecule has 6 nitrogen and oxygen atoms in total. The number of hydrogen-bond acceptors (Lipinski definition) is 5. The van der Waals surface area contributed by atoms with Gasteiger partial charge in [-0.15, -0.1) is 0 Å². The number of halogens is 1. The number of nitrogens with zero attached hydrogens (tertiary/aromatic N) is 2. The molecule has 0 saturated carbocycles. The summed E-state index contributed by atoms with van der Waals surface area (Å²) in [4.78, 5) is 35.7. The van der Waals surface area contributed by atoms with Crippen LogP contribution in [0.3, 0.4) is 0 Å². The Morgan fingerprint density at radius 2 is 1.90 bits per heavy atom. The fourth-order valence-corrected chi connectivity index (χ4v) is 4.72. The number of aromatic amines is 1. The third kappa shape index (κ3) is 3.14. The van der Waals surface area contributed by atoms with Crippen LogP contribution in [0.5, 0.6) is 0 Å². The first-order chi connectivity index (χ1) is 14.1. The zero-order chi connectivity index (χ0) is 20.0. The quantitative estimate of drug-likeness (QED) is 0.816. The first-order valence-corrected chi connectivity index (χ1v) is 10.3. The van der Waals surface area contributed by atoms with Crippen molar-refractivity contribution in [3.05, 3.63) is 62.8 Å². The fourth-order valence-electron chi connectivity index (χ4n) is 4.72. The SMILES string of the molecule is O=C1CCCC2=C1[C@@H](c1cccc(F)c1)c1c(nc(N3CCCCC3)[nH]c1=O)N2. The third-order valence-corrected chi connectivity index (χ3v) is 6.08. The van der Waals surface area contributed by atoms with Crippen LogP contribution in [0, 0.1) is 5.82 Å². The number of carbonyl (C=O) groups excluding carboxylic acids is 1. The van der Waals surface area contributed by atoms with Gasteiger partial charge in [-0.2, -0.15) is 4.98 Å². The molecule has 7 heteroatoms. The van der Waals surface area contributed by atoms with Crippen molar-refractivity contribution < 1.29 is 9.18 Å². The molecular formula is C22H23FN4O2. The molecule has 3 aliphatic rings. The van der Waals surface area contributed by atoms with Crippen molar-refractivity contribution in [2.24, 2.45) is 0 Å². The van der Waals surface area contributed by atoms with Gasteiger partial charge in [-0.3, -0.25) is 14.6 Å². The molecule has 1 saturated heterocycles. The number of carbonyl (C=O) groups is 1. The fraction of sp³-hybridized carbons (Fsp3) is 0.409. The van der Waals surface area contributed by atoms with Crippen molar-refractivity contribution in [1.82, 2.24) is 9.97 Å². The Balaban J connectivity index is 1.68. The zero-order valence-corrected chi connectivity index (χ0v) is 16.1. The second-order valence-electron chi connectivity index (χ2n) is 7.98. The van der Waals surface area contributed by atoms with Gasteiger partial charge in [0.25, 0.3) is 5.56 Å². The minimum atomic E-state index is -0.601. The van der Waals surface area contributed by atoms with Crippen LogP contribution in [0.25, 0.3) is 0 Å². The molecular weight excluding hydrogens is 371 g/mol. The van der Waals surface area contributed by atoms with E-state index >= 15 is 0 Å². The number of ketones is 1. The van der Waals surface area contributed by atoms with E-state index in [1.807, 2.05) is 0 Å². The molecule has 3 heterocycles. The van der Waals surface area contributed by atoms with E-state index in [0.29, 0.717) is 34.9 Å². The van der Waals surface area contributed by atoms with Gasteiger partial charge >= 0.3 is 0 Å². The molecule has 1 atom stereocenters. The molecule has 0 radical (unpaired) electrons. The van der Waals surface area contributed by atoms with Crippen molar-refractivity contribution in [3.8, 4) is 0 Å². The first-order valence-electron chi connectivity index (χ1n) is 10.3. The average molecular weight is 394 g/mol. The number of anilines is 2. The summed E-state index contributed by atoms with van der Waals surface area (Å²) in [6, 6.07) is 6.16. The third-order valence-electron chi connectivity index (χ3n) is 6.08. The van der Waals surface area contributed by atoms with Crippen LogP contribution in [-0.2, 0) is 4.79 Å². The second-order valence-corrected chi connectivity index (χ2v) is 7.98. The molecule has 0 amide bonds. The highest BCUT2D eigenvalue weighted by atomic mass is 19.1. The van der Waals surface area contributed by atoms with Crippen molar-refractivity contribution in [2.45, 2.75) is 44.4 Å². The van der Waals surface area contributed by atoms with E-state index in [-0.39, 0.29) is 17.2 Å². The molecule has 2 N–H and O–H groups in total. The van der Waals surface area contributed by atoms with Gasteiger partial charge in [-0.1, -0.05) is 12.1 Å². The molecule has 2 aromatic rings. The lowest BCUT2D eigenvalue weighted by Crippen LogP contribution is -2.36. The maximum Gasteiger partial charge on any atom is 0.258 e. The highest BCUT2D eigenvalue weighted by molar-refractivity contribution is 6.00. The number of Topliss-reactive ketones (excluding diaryl/α,β-unsaturated/α-hetero) is 1. The summed E-state index contributed by atoms with van der Waals surface area (Å²) in [6.45, 7) is 1.73. The summed E-state index contributed by atoms with van der Waals surface area (Å²) in [5.74, 6) is 0.0686. The number of H-pyrrole nitrogens is 1. The second kappa shape index (κ2) is 7.13. The standard InChI is InChI=1S/C22H23FN4O2/c23-14-7-4-6-13(12-14)17-18-15(8-5-9-16(18)28)24-20-19(17)21(29)26-22(25-20)27-10-2-1-3-11-27/h4,6-7,12,17H,1-3,5,8-11H2,(H2,24,25,26,29)/t17-/m1/s1. The lowest BCUT2D eigenvalue weighted by atomic mass is 9.76. The van der Waals surface area contributed by atoms with Gasteiger partial charge in [0.1, 0.15) is 11.6 Å². The lowest BCUT2D eigenvalue weighted by Gasteiger charge is -2.34. The summed E-state index contributed by atoms with van der Waals surface area (Å²) in [5, 5.41) is 3.27. The van der Waals surface area contributed by atoms with Crippen LogP contribution in [0.2, 0.25) is 0 Å². The largest absolute Gasteiger partial charge is 0.343 e. The number of aromatic nitrogens is 2. The minimum absolute atomic E-state index is 0.0122. The lowest BCUT2D eigenvalue weighted by molar-refractivity contribution is -0.116. The van der Waals surface area contributed by atoms with E-state index in [1.165, 1.54) is 18.6 Å². The molecule has 2 aliphatic heterocycles. The Bertz CT molecular complexity index is 1070. The summed E-state index contributed by atoms with van der Waals surface area (Å²) in [5.41, 5.74) is 2.11. The summed E-state index contributed by atoms with van der Waals surface area (Å²) >= 11 is 0. The Morgan fingerprint density at radius 3 is 2.69 bits per heavy atom. The summed E-state index contributed by atoms with van der Waals surface area (Å²) in [6.07, 6.45) is 5.26. The van der Waals surface area contributed by atoms with Gasteiger partial charge in [0, 0.05) is 36.7 Å². The van der Waals surface area contributed by atoms with E-state index in [4.69, 9.17) is 4.98 Å². The molecule has 1 aromatic carbocycles. The van der Waals surface area contributed by atoms with E-state index in [0.717, 1.165) is 44.5 Å². The monoisotopic (exact) mass is 394 g/mol. The maximum atomic E-state index is 14.0. The molecule has 1 fully saturated rings. The van der Waals surface area contributed by atoms with Gasteiger partial charge in [-0.25, -0.2) is 4.39 Å². The topological polar surface area (TPSA) is 78.1 Å². The predicted molar refractivity (Wildman–Crippen MR) is 109 cm³/mol. The predicted octanol–water partition coefficient (Wildman–Crippen LogP) is 3.46. The number of rotatable bonds is 2. The number of nitrogens with one attached hydrogen (secondary N) is 2. The van der Waals surface area contributed by atoms with Gasteiger partial charge in [-0.05, 0) is 49.8 Å².